The van der Waals surface area contributed by atoms with Gasteiger partial charge in [0.15, 0.2) is 5.60 Å². The summed E-state index contributed by atoms with van der Waals surface area (Å²) in [6, 6.07) is 9.88. The SMILES string of the molecule is N#CC(CC1CCCNC1=O)NC(=O)C1C2CCC(CC2(F)F)N1C(=O)C1(O)c2ccccc2-c2ccc(Cl)cc21. The van der Waals surface area contributed by atoms with E-state index in [1.54, 1.807) is 36.4 Å². The third-order valence-corrected chi connectivity index (χ3v) is 9.35. The van der Waals surface area contributed by atoms with Crippen molar-refractivity contribution in [3.63, 3.8) is 0 Å². The van der Waals surface area contributed by atoms with Crippen LogP contribution >= 0.6 is 11.6 Å². The van der Waals surface area contributed by atoms with Gasteiger partial charge in [-0.25, -0.2) is 8.78 Å². The Kier molecular flexibility index (Phi) is 6.78. The normalized spacial score (nSPS) is 30.0. The maximum atomic E-state index is 15.3. The van der Waals surface area contributed by atoms with E-state index in [-0.39, 0.29) is 41.3 Å². The van der Waals surface area contributed by atoms with Crippen LogP contribution in [0, 0.1) is 23.2 Å². The van der Waals surface area contributed by atoms with Crippen molar-refractivity contribution >= 4 is 29.3 Å². The molecule has 41 heavy (non-hydrogen) atoms. The number of hydrogen-bond donors (Lipinski definition) is 3. The molecule has 6 unspecified atom stereocenters. The molecule has 0 aromatic heterocycles. The fourth-order valence-electron chi connectivity index (χ4n) is 7.19. The van der Waals surface area contributed by atoms with E-state index < -0.39 is 59.7 Å². The van der Waals surface area contributed by atoms with E-state index in [2.05, 4.69) is 10.6 Å². The highest BCUT2D eigenvalue weighted by molar-refractivity contribution is 6.31. The minimum absolute atomic E-state index is 0.0131. The van der Waals surface area contributed by atoms with Gasteiger partial charge in [0.25, 0.3) is 11.8 Å². The lowest BCUT2D eigenvalue weighted by Gasteiger charge is -2.54. The predicted octanol–water partition coefficient (Wildman–Crippen LogP) is 3.50. The van der Waals surface area contributed by atoms with Crippen LogP contribution in [0.2, 0.25) is 5.02 Å². The molecule has 6 atom stereocenters. The van der Waals surface area contributed by atoms with Gasteiger partial charge in [-0.3, -0.25) is 14.4 Å². The molecule has 3 aliphatic heterocycles. The number of carbonyl (C=O) groups excluding carboxylic acids is 3. The number of nitrogens with one attached hydrogen (secondary N) is 2. The number of alkyl halides is 2. The Morgan fingerprint density at radius 2 is 1.93 bits per heavy atom. The van der Waals surface area contributed by atoms with E-state index in [4.69, 9.17) is 11.6 Å². The van der Waals surface area contributed by atoms with Gasteiger partial charge in [-0.2, -0.15) is 5.26 Å². The Morgan fingerprint density at radius 3 is 2.66 bits per heavy atom. The first-order valence-electron chi connectivity index (χ1n) is 13.9. The van der Waals surface area contributed by atoms with Gasteiger partial charge in [0.05, 0.1) is 12.0 Å². The van der Waals surface area contributed by atoms with Crippen molar-refractivity contribution in [2.24, 2.45) is 11.8 Å². The molecule has 2 bridgehead atoms. The van der Waals surface area contributed by atoms with Gasteiger partial charge in [-0.05, 0) is 55.4 Å². The fraction of sp³-hybridized carbons (Fsp3) is 0.467. The van der Waals surface area contributed by atoms with Gasteiger partial charge >= 0.3 is 0 Å². The largest absolute Gasteiger partial charge is 0.372 e. The minimum atomic E-state index is -3.22. The molecule has 3 saturated heterocycles. The van der Waals surface area contributed by atoms with E-state index in [0.717, 1.165) is 11.3 Å². The summed E-state index contributed by atoms with van der Waals surface area (Å²) in [5.41, 5.74) is -0.546. The van der Waals surface area contributed by atoms with Crippen molar-refractivity contribution in [3.8, 4) is 17.2 Å². The Bertz CT molecular complexity index is 1480. The monoisotopic (exact) mass is 582 g/mol. The summed E-state index contributed by atoms with van der Waals surface area (Å²) in [6.07, 6.45) is 0.943. The van der Waals surface area contributed by atoms with Crippen LogP contribution in [0.1, 0.15) is 49.7 Å². The predicted molar refractivity (Wildman–Crippen MR) is 144 cm³/mol. The van der Waals surface area contributed by atoms with Crippen LogP contribution in [-0.4, -0.2) is 58.3 Å². The van der Waals surface area contributed by atoms with Crippen molar-refractivity contribution in [3.05, 3.63) is 58.6 Å². The number of nitriles is 1. The highest BCUT2D eigenvalue weighted by Crippen LogP contribution is 2.54. The fourth-order valence-corrected chi connectivity index (χ4v) is 7.36. The summed E-state index contributed by atoms with van der Waals surface area (Å²) >= 11 is 6.27. The molecule has 11 heteroatoms. The number of piperidine rings is 3. The van der Waals surface area contributed by atoms with E-state index >= 15 is 8.78 Å². The first-order chi connectivity index (χ1) is 19.6. The van der Waals surface area contributed by atoms with Crippen LogP contribution in [0.3, 0.4) is 0 Å². The number of aliphatic hydroxyl groups is 1. The molecule has 4 fully saturated rings. The van der Waals surface area contributed by atoms with Crippen LogP contribution in [0.4, 0.5) is 8.78 Å². The van der Waals surface area contributed by atoms with Gasteiger partial charge < -0.3 is 20.6 Å². The minimum Gasteiger partial charge on any atom is -0.372 e. The molecule has 7 rings (SSSR count). The van der Waals surface area contributed by atoms with Crippen LogP contribution in [-0.2, 0) is 20.0 Å². The Hall–Kier alpha value is -3.55. The lowest BCUT2D eigenvalue weighted by atomic mass is 9.70. The molecule has 3 N–H and O–H groups in total. The van der Waals surface area contributed by atoms with Gasteiger partial charge in [0, 0.05) is 41.1 Å². The Morgan fingerprint density at radius 1 is 1.17 bits per heavy atom. The van der Waals surface area contributed by atoms with Gasteiger partial charge in [0.1, 0.15) is 12.1 Å². The lowest BCUT2D eigenvalue weighted by molar-refractivity contribution is -0.201. The highest BCUT2D eigenvalue weighted by atomic mass is 35.5. The molecule has 2 aromatic carbocycles. The first kappa shape index (κ1) is 27.6. The first-order valence-corrected chi connectivity index (χ1v) is 14.2. The molecule has 0 spiro atoms. The summed E-state index contributed by atoms with van der Waals surface area (Å²) in [5.74, 6) is -7.19. The maximum Gasteiger partial charge on any atom is 0.264 e. The second kappa shape index (κ2) is 10.1. The summed E-state index contributed by atoms with van der Waals surface area (Å²) in [7, 11) is 0. The summed E-state index contributed by atoms with van der Waals surface area (Å²) in [6.45, 7) is 0.538. The molecule has 0 radical (unpaired) electrons. The number of nitrogens with zero attached hydrogens (tertiary/aromatic N) is 2. The van der Waals surface area contributed by atoms with Crippen molar-refractivity contribution in [1.29, 1.82) is 5.26 Å². The van der Waals surface area contributed by atoms with E-state index in [1.807, 2.05) is 6.07 Å². The molecule has 8 nitrogen and oxygen atoms in total. The van der Waals surface area contributed by atoms with Crippen molar-refractivity contribution in [1.82, 2.24) is 15.5 Å². The van der Waals surface area contributed by atoms with Gasteiger partial charge in [-0.15, -0.1) is 0 Å². The molecular weight excluding hydrogens is 554 g/mol. The van der Waals surface area contributed by atoms with Gasteiger partial charge in [0.2, 0.25) is 11.8 Å². The number of fused-ring (bicyclic) bond motifs is 6. The number of rotatable bonds is 5. The highest BCUT2D eigenvalue weighted by Gasteiger charge is 2.63. The van der Waals surface area contributed by atoms with Crippen LogP contribution in [0.25, 0.3) is 11.1 Å². The summed E-state index contributed by atoms with van der Waals surface area (Å²) < 4.78 is 30.6. The zero-order valence-corrected chi connectivity index (χ0v) is 22.8. The van der Waals surface area contributed by atoms with Crippen LogP contribution in [0.15, 0.2) is 42.5 Å². The quantitative estimate of drug-likeness (QED) is 0.498. The number of halogens is 3. The molecule has 3 amide bonds. The molecular formula is C30H29ClF2N4O4. The average Bonchev–Trinajstić information content (AvgIpc) is 3.21. The van der Waals surface area contributed by atoms with Crippen LogP contribution < -0.4 is 10.6 Å². The topological polar surface area (TPSA) is 123 Å². The third-order valence-electron chi connectivity index (χ3n) is 9.12. The van der Waals surface area contributed by atoms with Crippen LogP contribution in [0.5, 0.6) is 0 Å². The molecule has 2 aromatic rings. The van der Waals surface area contributed by atoms with Gasteiger partial charge in [-0.1, -0.05) is 41.9 Å². The van der Waals surface area contributed by atoms with E-state index in [9.17, 15) is 24.8 Å². The molecule has 3 heterocycles. The van der Waals surface area contributed by atoms with E-state index in [1.165, 1.54) is 6.07 Å². The maximum absolute atomic E-state index is 15.3. The number of benzene rings is 2. The smallest absolute Gasteiger partial charge is 0.264 e. The molecule has 5 aliphatic rings. The number of amides is 3. The zero-order chi connectivity index (χ0) is 29.1. The number of hydrogen-bond acceptors (Lipinski definition) is 5. The summed E-state index contributed by atoms with van der Waals surface area (Å²) in [4.78, 5) is 41.6. The molecule has 2 aliphatic carbocycles. The molecule has 214 valence electrons. The Labute approximate surface area is 240 Å². The standard InChI is InChI=1S/C30H29ClF2N4O4/c31-17-7-9-21-20-5-1-2-6-22(20)30(41,24(21)13-17)28(40)37-19-8-10-23(29(32,33)14-19)25(37)27(39)36-18(15-34)12-16-4-3-11-35-26(16)38/h1-2,5-7,9,13,16,18-19,23,25,41H,3-4,8,10-12,14H2,(H,35,38)(H,36,39). The second-order valence-corrected chi connectivity index (χ2v) is 11.9. The second-order valence-electron chi connectivity index (χ2n) is 11.5. The zero-order valence-electron chi connectivity index (χ0n) is 22.1. The average molecular weight is 583 g/mol. The van der Waals surface area contributed by atoms with Crippen molar-refractivity contribution < 1.29 is 28.3 Å². The van der Waals surface area contributed by atoms with E-state index in [0.29, 0.717) is 24.1 Å². The Balaban J connectivity index is 1.36. The number of carbonyl (C=O) groups is 3. The summed E-state index contributed by atoms with van der Waals surface area (Å²) in [5, 5.41) is 27.6. The molecule has 1 saturated carbocycles. The van der Waals surface area contributed by atoms with Crippen molar-refractivity contribution in [2.45, 2.75) is 68.2 Å². The third kappa shape index (κ3) is 4.37. The van der Waals surface area contributed by atoms with Crippen molar-refractivity contribution in [2.75, 3.05) is 6.54 Å². The lowest BCUT2D eigenvalue weighted by Crippen LogP contribution is -2.70.